The first kappa shape index (κ1) is 22.7. The van der Waals surface area contributed by atoms with E-state index in [1.807, 2.05) is 12.1 Å². The fourth-order valence-corrected chi connectivity index (χ4v) is 2.36. The summed E-state index contributed by atoms with van der Waals surface area (Å²) >= 11 is 0. The predicted molar refractivity (Wildman–Crippen MR) is 108 cm³/mol. The molecule has 0 aromatic heterocycles. The third-order valence-corrected chi connectivity index (χ3v) is 4.13. The molecular formula is C21H32N2O4. The minimum absolute atomic E-state index is 0.427. The maximum atomic E-state index is 12.3. The maximum Gasteiger partial charge on any atom is 0.330 e. The van der Waals surface area contributed by atoms with E-state index < -0.39 is 17.4 Å². The van der Waals surface area contributed by atoms with Crippen LogP contribution in [0.2, 0.25) is 0 Å². The second kappa shape index (κ2) is 12.1. The van der Waals surface area contributed by atoms with Crippen molar-refractivity contribution >= 4 is 17.6 Å². The van der Waals surface area contributed by atoms with E-state index in [4.69, 9.17) is 10.5 Å². The summed E-state index contributed by atoms with van der Waals surface area (Å²) in [5.41, 5.74) is 5.21. The number of unbranched alkanes of at least 4 members (excludes halogenated alkanes) is 5. The molecule has 0 aliphatic carbocycles. The highest BCUT2D eigenvalue weighted by atomic mass is 16.5. The lowest BCUT2D eigenvalue weighted by molar-refractivity contribution is -0.134. The summed E-state index contributed by atoms with van der Waals surface area (Å²) in [5.74, 6) is -0.225. The largest absolute Gasteiger partial charge is 0.494 e. The lowest BCUT2D eigenvalue weighted by Crippen LogP contribution is -2.46. The van der Waals surface area contributed by atoms with Crippen LogP contribution in [0.25, 0.3) is 0 Å². The van der Waals surface area contributed by atoms with Crippen LogP contribution in [0.4, 0.5) is 5.69 Å². The molecule has 1 amide bonds. The van der Waals surface area contributed by atoms with Crippen LogP contribution in [0.1, 0.15) is 52.4 Å². The van der Waals surface area contributed by atoms with Crippen LogP contribution in [-0.4, -0.2) is 31.1 Å². The van der Waals surface area contributed by atoms with Crippen molar-refractivity contribution in [1.82, 2.24) is 0 Å². The Balaban J connectivity index is 2.41. The van der Waals surface area contributed by atoms with Crippen molar-refractivity contribution in [2.24, 2.45) is 5.73 Å². The summed E-state index contributed by atoms with van der Waals surface area (Å²) in [6.07, 6.45) is 9.77. The third-order valence-electron chi connectivity index (χ3n) is 4.13. The molecule has 0 bridgehead atoms. The Labute approximate surface area is 162 Å². The number of ether oxygens (including phenoxy) is 2. The van der Waals surface area contributed by atoms with E-state index >= 15 is 0 Å². The molecule has 0 heterocycles. The van der Waals surface area contributed by atoms with E-state index in [0.717, 1.165) is 18.2 Å². The number of carbonyl (C=O) groups excluding carboxylic acids is 2. The number of hydrogen-bond donors (Lipinski definition) is 2. The zero-order chi connectivity index (χ0) is 20.1. The van der Waals surface area contributed by atoms with Gasteiger partial charge in [-0.2, -0.15) is 0 Å². The van der Waals surface area contributed by atoms with Crippen LogP contribution in [0, 0.1) is 0 Å². The second-order valence-corrected chi connectivity index (χ2v) is 6.73. The van der Waals surface area contributed by atoms with Crippen LogP contribution in [0.15, 0.2) is 36.4 Å². The molecule has 150 valence electrons. The van der Waals surface area contributed by atoms with Crippen molar-refractivity contribution in [3.63, 3.8) is 0 Å². The second-order valence-electron chi connectivity index (χ2n) is 6.73. The van der Waals surface area contributed by atoms with Crippen LogP contribution >= 0.6 is 0 Å². The highest BCUT2D eigenvalue weighted by molar-refractivity contribution is 6.00. The van der Waals surface area contributed by atoms with E-state index in [1.165, 1.54) is 52.2 Å². The van der Waals surface area contributed by atoms with Gasteiger partial charge in [0.1, 0.15) is 11.3 Å². The van der Waals surface area contributed by atoms with Gasteiger partial charge in [0.05, 0.1) is 13.7 Å². The monoisotopic (exact) mass is 376 g/mol. The minimum Gasteiger partial charge on any atom is -0.494 e. The summed E-state index contributed by atoms with van der Waals surface area (Å²) < 4.78 is 10.2. The molecule has 3 N–H and O–H groups in total. The molecule has 1 aromatic carbocycles. The van der Waals surface area contributed by atoms with Crippen LogP contribution in [0.5, 0.6) is 5.75 Å². The zero-order valence-electron chi connectivity index (χ0n) is 16.6. The summed E-state index contributed by atoms with van der Waals surface area (Å²) in [7, 11) is 1.26. The quantitative estimate of drug-likeness (QED) is 0.329. The first-order valence-electron chi connectivity index (χ1n) is 9.49. The van der Waals surface area contributed by atoms with Crippen molar-refractivity contribution < 1.29 is 19.1 Å². The molecular weight excluding hydrogens is 344 g/mol. The number of esters is 1. The van der Waals surface area contributed by atoms with E-state index in [9.17, 15) is 9.59 Å². The molecule has 1 rings (SSSR count). The molecule has 6 heteroatoms. The van der Waals surface area contributed by atoms with Crippen molar-refractivity contribution in [2.75, 3.05) is 19.0 Å². The van der Waals surface area contributed by atoms with Crippen LogP contribution in [-0.2, 0) is 14.3 Å². The van der Waals surface area contributed by atoms with Crippen molar-refractivity contribution in [3.05, 3.63) is 36.4 Å². The number of anilines is 1. The van der Waals surface area contributed by atoms with Gasteiger partial charge >= 0.3 is 5.97 Å². The summed E-state index contributed by atoms with van der Waals surface area (Å²) in [6.45, 7) is 4.42. The summed E-state index contributed by atoms with van der Waals surface area (Å²) in [6, 6.07) is 7.14. The molecule has 0 aliphatic heterocycles. The van der Waals surface area contributed by atoms with Gasteiger partial charge in [-0.1, -0.05) is 39.0 Å². The number of benzene rings is 1. The van der Waals surface area contributed by atoms with Crippen molar-refractivity contribution in [1.29, 1.82) is 0 Å². The van der Waals surface area contributed by atoms with E-state index in [-0.39, 0.29) is 0 Å². The van der Waals surface area contributed by atoms with Gasteiger partial charge in [0.15, 0.2) is 0 Å². The standard InChI is InChI=1S/C21H32N2O4/c1-4-5-6-7-8-9-16-27-18-12-10-17(11-13-18)23-20(25)21(2,22)15-14-19(24)26-3/h10-15H,4-9,16,22H2,1-3H3,(H,23,25)/b15-14+/t21-/m0/s1. The van der Waals surface area contributed by atoms with Crippen molar-refractivity contribution in [3.8, 4) is 5.75 Å². The number of nitrogens with one attached hydrogen (secondary N) is 1. The van der Waals surface area contributed by atoms with E-state index in [0.29, 0.717) is 12.3 Å². The van der Waals surface area contributed by atoms with Gasteiger partial charge in [0.25, 0.3) is 0 Å². The molecule has 6 nitrogen and oxygen atoms in total. The molecule has 1 atom stereocenters. The van der Waals surface area contributed by atoms with E-state index in [2.05, 4.69) is 17.0 Å². The van der Waals surface area contributed by atoms with Gasteiger partial charge < -0.3 is 20.5 Å². The third kappa shape index (κ3) is 9.24. The van der Waals surface area contributed by atoms with E-state index in [1.54, 1.807) is 12.1 Å². The Morgan fingerprint density at radius 1 is 1.11 bits per heavy atom. The molecule has 0 saturated carbocycles. The molecule has 0 spiro atoms. The topological polar surface area (TPSA) is 90.6 Å². The lowest BCUT2D eigenvalue weighted by Gasteiger charge is -2.19. The number of nitrogens with two attached hydrogens (primary N) is 1. The Kier molecular flexibility index (Phi) is 10.2. The van der Waals surface area contributed by atoms with Gasteiger partial charge in [-0.25, -0.2) is 4.79 Å². The zero-order valence-corrected chi connectivity index (χ0v) is 16.6. The molecule has 0 fully saturated rings. The summed E-state index contributed by atoms with van der Waals surface area (Å²) in [5, 5.41) is 2.72. The first-order valence-corrected chi connectivity index (χ1v) is 9.49. The average Bonchev–Trinajstić information content (AvgIpc) is 2.66. The number of rotatable bonds is 12. The Morgan fingerprint density at radius 3 is 2.37 bits per heavy atom. The fourth-order valence-electron chi connectivity index (χ4n) is 2.36. The SMILES string of the molecule is CCCCCCCCOc1ccc(NC(=O)[C@@](C)(N)/C=C/C(=O)OC)cc1. The maximum absolute atomic E-state index is 12.3. The van der Waals surface area contributed by atoms with Crippen molar-refractivity contribution in [2.45, 2.75) is 57.9 Å². The fraction of sp³-hybridized carbons (Fsp3) is 0.524. The van der Waals surface area contributed by atoms with Gasteiger partial charge in [0.2, 0.25) is 5.91 Å². The molecule has 27 heavy (non-hydrogen) atoms. The summed E-state index contributed by atoms with van der Waals surface area (Å²) in [4.78, 5) is 23.4. The number of amides is 1. The average molecular weight is 376 g/mol. The van der Waals surface area contributed by atoms with Crippen LogP contribution in [0.3, 0.4) is 0 Å². The van der Waals surface area contributed by atoms with Gasteiger partial charge in [-0.3, -0.25) is 4.79 Å². The number of hydrogen-bond acceptors (Lipinski definition) is 5. The molecule has 1 aromatic rings. The Morgan fingerprint density at radius 2 is 1.74 bits per heavy atom. The molecule has 0 saturated heterocycles. The Hall–Kier alpha value is -2.34. The van der Waals surface area contributed by atoms with Crippen LogP contribution < -0.4 is 15.8 Å². The smallest absolute Gasteiger partial charge is 0.330 e. The Bertz CT molecular complexity index is 609. The lowest BCUT2D eigenvalue weighted by atomic mass is 10.0. The number of methoxy groups -OCH3 is 1. The molecule has 0 radical (unpaired) electrons. The highest BCUT2D eigenvalue weighted by Gasteiger charge is 2.25. The first-order chi connectivity index (χ1) is 12.9. The normalized spacial score (nSPS) is 13.2. The highest BCUT2D eigenvalue weighted by Crippen LogP contribution is 2.17. The van der Waals surface area contributed by atoms with Gasteiger partial charge in [-0.05, 0) is 43.7 Å². The minimum atomic E-state index is -1.33. The number of carbonyl (C=O) groups is 2. The van der Waals surface area contributed by atoms with Gasteiger partial charge in [-0.15, -0.1) is 0 Å². The molecule has 0 aliphatic rings. The molecule has 0 unspecified atom stereocenters. The predicted octanol–water partition coefficient (Wildman–Crippen LogP) is 3.81. The van der Waals surface area contributed by atoms with Gasteiger partial charge in [0, 0.05) is 11.8 Å².